The van der Waals surface area contributed by atoms with Gasteiger partial charge in [0.05, 0.1) is 0 Å². The van der Waals surface area contributed by atoms with E-state index in [2.05, 4.69) is 14.8 Å². The summed E-state index contributed by atoms with van der Waals surface area (Å²) in [6, 6.07) is 0. The molecule has 0 spiro atoms. The third-order valence-corrected chi connectivity index (χ3v) is 0.862. The molecule has 0 aliphatic rings. The van der Waals surface area contributed by atoms with Gasteiger partial charge in [0.15, 0.2) is 10.5 Å². The smallest absolute Gasteiger partial charge is 0.288 e. The minimum absolute atomic E-state index is 0.184. The van der Waals surface area contributed by atoms with Crippen molar-refractivity contribution in [2.75, 3.05) is 0 Å². The molecule has 0 rings (SSSR count). The highest BCUT2D eigenvalue weighted by Gasteiger charge is 1.74. The van der Waals surface area contributed by atoms with E-state index < -0.39 is 0 Å². The minimum Gasteiger partial charge on any atom is -0.529 e. The molecule has 0 aromatic heterocycles. The fourth-order valence-electron chi connectivity index (χ4n) is 0. The zero-order valence-electron chi connectivity index (χ0n) is 5.30. The Bertz CT molecular complexity index is 59.2. The van der Waals surface area contributed by atoms with E-state index in [4.69, 9.17) is 0 Å². The van der Waals surface area contributed by atoms with Crippen LogP contribution in [0.1, 0.15) is 6.92 Å². The monoisotopic (exact) mass is 153 g/mol. The van der Waals surface area contributed by atoms with Crippen molar-refractivity contribution in [3.05, 3.63) is 0 Å². The number of hydrogen-bond acceptors (Lipinski definition) is 4. The van der Waals surface area contributed by atoms with Crippen molar-refractivity contribution in [1.29, 1.82) is 0 Å². The normalized spacial score (nSPS) is 7.25. The Labute approximate surface area is 54.4 Å². The van der Waals surface area contributed by atoms with Gasteiger partial charge < -0.3 is 8.95 Å². The third kappa shape index (κ3) is 40.7. The number of rotatable bonds is 0. The van der Waals surface area contributed by atoms with Crippen LogP contribution in [0.5, 0.6) is 0 Å². The number of carbonyl (C=O) groups is 1. The van der Waals surface area contributed by atoms with Gasteiger partial charge in [0.2, 0.25) is 10.5 Å². The van der Waals surface area contributed by atoms with Gasteiger partial charge in [-0.2, -0.15) is 0 Å². The highest BCUT2D eigenvalue weighted by molar-refractivity contribution is 6.04. The molecule has 8 heavy (non-hydrogen) atoms. The summed E-state index contributed by atoms with van der Waals surface area (Å²) in [4.78, 5) is 9.62. The lowest BCUT2D eigenvalue weighted by atomic mass is 10.9. The van der Waals surface area contributed by atoms with Crippen LogP contribution < -0.4 is 5.90 Å². The van der Waals surface area contributed by atoms with Crippen LogP contribution in [0.2, 0.25) is 0 Å². The van der Waals surface area contributed by atoms with Crippen molar-refractivity contribution in [3.8, 4) is 0 Å². The van der Waals surface area contributed by atoms with Gasteiger partial charge in [-0.25, -0.2) is 5.90 Å². The summed E-state index contributed by atoms with van der Waals surface area (Å²) in [5, 5.41) is 0. The molecule has 0 heterocycles. The fraction of sp³-hybridized carbons (Fsp3) is 0.500. The molecule has 4 nitrogen and oxygen atoms in total. The quantitative estimate of drug-likeness (QED) is 0.297. The van der Waals surface area contributed by atoms with E-state index in [9.17, 15) is 4.79 Å². The van der Waals surface area contributed by atoms with Crippen molar-refractivity contribution in [1.82, 2.24) is 0 Å². The molecule has 0 saturated carbocycles. The Balaban J connectivity index is 0. The highest BCUT2D eigenvalue weighted by Crippen LogP contribution is 1.58. The van der Waals surface area contributed by atoms with E-state index >= 15 is 0 Å². The maximum Gasteiger partial charge on any atom is 0.288 e. The topological polar surface area (TPSA) is 61.5 Å². The first-order valence-electron chi connectivity index (χ1n) is 1.96. The molecular weight excluding hydrogens is 142 g/mol. The molecule has 0 bridgehead atoms. The molecule has 0 aromatic rings. The van der Waals surface area contributed by atoms with Crippen LogP contribution >= 0.6 is 0 Å². The molecule has 0 radical (unpaired) electrons. The Morgan fingerprint density at radius 1 is 1.62 bits per heavy atom. The first kappa shape index (κ1) is 10.7. The lowest BCUT2D eigenvalue weighted by Crippen LogP contribution is -1.90. The first-order valence-corrected chi connectivity index (χ1v) is 3.59. The lowest BCUT2D eigenvalue weighted by molar-refractivity contribution is -0.131. The van der Waals surface area contributed by atoms with Crippen molar-refractivity contribution >= 4 is 26.9 Å². The number of nitrogens with two attached hydrogens (primary N) is 1. The van der Waals surface area contributed by atoms with E-state index in [0.29, 0.717) is 21.0 Å². The highest BCUT2D eigenvalue weighted by atomic mass is 28.2. The molecule has 0 unspecified atom stereocenters. The second-order valence-corrected chi connectivity index (χ2v) is 1.81. The molecule has 0 fully saturated rings. The van der Waals surface area contributed by atoms with Crippen LogP contribution in [0.4, 0.5) is 0 Å². The predicted octanol–water partition coefficient (Wildman–Crippen LogP) is -3.01. The van der Waals surface area contributed by atoms with Crippen LogP contribution in [-0.2, 0) is 13.7 Å². The molecule has 0 aromatic carbocycles. The van der Waals surface area contributed by atoms with Gasteiger partial charge in [-0.15, -0.1) is 0 Å². The van der Waals surface area contributed by atoms with E-state index in [1.807, 2.05) is 0 Å². The van der Waals surface area contributed by atoms with Gasteiger partial charge >= 0.3 is 0 Å². The van der Waals surface area contributed by atoms with E-state index in [1.54, 1.807) is 0 Å². The number of hydrogen-bond donors (Lipinski definition) is 1. The summed E-state index contributed by atoms with van der Waals surface area (Å²) in [6.07, 6.45) is 0. The molecule has 0 amide bonds. The van der Waals surface area contributed by atoms with E-state index in [-0.39, 0.29) is 5.97 Å². The van der Waals surface area contributed by atoms with Gasteiger partial charge in [-0.1, -0.05) is 0 Å². The fourth-order valence-corrected chi connectivity index (χ4v) is 0. The van der Waals surface area contributed by atoms with Gasteiger partial charge in [0, 0.05) is 6.92 Å². The Hall–Kier alpha value is -0.176. The minimum atomic E-state index is -0.184. The summed E-state index contributed by atoms with van der Waals surface area (Å²) in [6.45, 7) is 1.40. The molecule has 2 N–H and O–H groups in total. The molecular formula is C2H11NO3Si2. The number of carbonyl (C=O) groups excluding carboxylic acids is 1. The van der Waals surface area contributed by atoms with Crippen LogP contribution in [-0.4, -0.2) is 26.9 Å². The van der Waals surface area contributed by atoms with Gasteiger partial charge in [0.25, 0.3) is 5.97 Å². The van der Waals surface area contributed by atoms with E-state index in [1.165, 1.54) is 6.92 Å². The zero-order valence-corrected chi connectivity index (χ0v) is 9.30. The summed E-state index contributed by atoms with van der Waals surface area (Å²) < 4.78 is 8.14. The lowest BCUT2D eigenvalue weighted by Gasteiger charge is -1.82. The second kappa shape index (κ2) is 9.95. The van der Waals surface area contributed by atoms with Crippen LogP contribution in [0.15, 0.2) is 0 Å². The Morgan fingerprint density at radius 3 is 1.75 bits per heavy atom. The van der Waals surface area contributed by atoms with Crippen molar-refractivity contribution in [3.63, 3.8) is 0 Å². The SMILES string of the molecule is CC(=O)O[SiH3].NO[SiH3]. The predicted molar refractivity (Wildman–Crippen MR) is 36.9 cm³/mol. The van der Waals surface area contributed by atoms with Gasteiger partial charge in [-0.05, 0) is 0 Å². The summed E-state index contributed by atoms with van der Waals surface area (Å²) in [5.41, 5.74) is 0. The maximum absolute atomic E-state index is 9.62. The average molecular weight is 153 g/mol. The molecule has 0 saturated heterocycles. The van der Waals surface area contributed by atoms with Crippen LogP contribution in [0.25, 0.3) is 0 Å². The van der Waals surface area contributed by atoms with Crippen LogP contribution in [0, 0.1) is 0 Å². The summed E-state index contributed by atoms with van der Waals surface area (Å²) >= 11 is 0. The molecule has 50 valence electrons. The van der Waals surface area contributed by atoms with Crippen molar-refractivity contribution in [2.45, 2.75) is 6.92 Å². The van der Waals surface area contributed by atoms with Gasteiger partial charge in [-0.3, -0.25) is 4.79 Å². The Morgan fingerprint density at radius 2 is 1.75 bits per heavy atom. The maximum atomic E-state index is 9.62. The van der Waals surface area contributed by atoms with Crippen molar-refractivity contribution in [2.24, 2.45) is 5.90 Å². The standard InChI is InChI=1S/C2H6O2Si.H5NOSi/c1-2(3)4-5;1-2-3/h1,5H3;1H2,3H3. The molecule has 0 aliphatic carbocycles. The summed E-state index contributed by atoms with van der Waals surface area (Å²) in [7, 11) is 1.17. The average Bonchev–Trinajstić information content (AvgIpc) is 1.69. The molecule has 0 aliphatic heterocycles. The van der Waals surface area contributed by atoms with Crippen LogP contribution in [0.3, 0.4) is 0 Å². The van der Waals surface area contributed by atoms with E-state index in [0.717, 1.165) is 0 Å². The first-order chi connectivity index (χ1) is 3.68. The summed E-state index contributed by atoms with van der Waals surface area (Å²) in [5.74, 6) is 4.23. The van der Waals surface area contributed by atoms with Crippen molar-refractivity contribution < 1.29 is 13.7 Å². The zero-order chi connectivity index (χ0) is 6.99. The third-order valence-electron chi connectivity index (χ3n) is 0.287. The Kier molecular flexibility index (Phi) is 13.4. The molecule has 6 heteroatoms. The largest absolute Gasteiger partial charge is 0.529 e. The van der Waals surface area contributed by atoms with Gasteiger partial charge in [0.1, 0.15) is 0 Å². The second-order valence-electron chi connectivity index (χ2n) is 0.931. The molecule has 0 atom stereocenters.